The molecule has 0 aliphatic heterocycles. The highest BCUT2D eigenvalue weighted by molar-refractivity contribution is 6.36. The van der Waals surface area contributed by atoms with Crippen LogP contribution in [0, 0.1) is 0 Å². The van der Waals surface area contributed by atoms with Gasteiger partial charge in [-0.3, -0.25) is 9.59 Å². The second-order valence-electron chi connectivity index (χ2n) is 6.62. The molecular weight excluding hydrogens is 374 g/mol. The average Bonchev–Trinajstić information content (AvgIpc) is 3.11. The number of hydrogen-bond acceptors (Lipinski definition) is 5. The molecule has 0 bridgehead atoms. The van der Waals surface area contributed by atoms with Crippen molar-refractivity contribution in [3.8, 4) is 5.75 Å². The molecule has 1 aliphatic rings. The lowest BCUT2D eigenvalue weighted by Crippen LogP contribution is -2.21. The Morgan fingerprint density at radius 1 is 1.17 bits per heavy atom. The normalized spacial score (nSPS) is 14.0. The molecule has 7 heteroatoms. The Bertz CT molecular complexity index is 1240. The number of amides is 1. The number of methoxy groups -OCH3 is 1. The molecule has 1 aliphatic carbocycles. The number of carbonyl (C=O) groups is 2. The van der Waals surface area contributed by atoms with E-state index in [2.05, 4.69) is 5.32 Å². The zero-order valence-electron chi connectivity index (χ0n) is 15.5. The van der Waals surface area contributed by atoms with Crippen molar-refractivity contribution in [2.75, 3.05) is 12.4 Å². The van der Waals surface area contributed by atoms with Crippen molar-refractivity contribution >= 4 is 40.2 Å². The molecule has 0 saturated heterocycles. The first-order valence-electron chi connectivity index (χ1n) is 8.96. The van der Waals surface area contributed by atoms with E-state index in [0.717, 1.165) is 16.9 Å². The summed E-state index contributed by atoms with van der Waals surface area (Å²) in [6, 6.07) is 12.0. The number of nitrogens with one attached hydrogen (secondary N) is 1. The SMILES string of the molecule is COc1ccccc1C=C1CCc2c1oc1cc(NC(=O)C(=O)O)ccc1c2=O. The number of rotatable bonds is 3. The van der Waals surface area contributed by atoms with Crippen molar-refractivity contribution in [3.05, 3.63) is 69.6 Å². The van der Waals surface area contributed by atoms with Gasteiger partial charge in [-0.15, -0.1) is 0 Å². The van der Waals surface area contributed by atoms with E-state index in [1.165, 1.54) is 18.2 Å². The molecule has 0 atom stereocenters. The van der Waals surface area contributed by atoms with Crippen molar-refractivity contribution in [3.63, 3.8) is 0 Å². The molecule has 7 nitrogen and oxygen atoms in total. The van der Waals surface area contributed by atoms with Gasteiger partial charge in [-0.05, 0) is 42.7 Å². The highest BCUT2D eigenvalue weighted by Gasteiger charge is 2.24. The minimum atomic E-state index is -1.59. The second-order valence-corrected chi connectivity index (χ2v) is 6.62. The fourth-order valence-electron chi connectivity index (χ4n) is 3.46. The average molecular weight is 391 g/mol. The number of hydrogen-bond donors (Lipinski definition) is 2. The van der Waals surface area contributed by atoms with Gasteiger partial charge in [0.2, 0.25) is 0 Å². The molecule has 2 N–H and O–H groups in total. The molecule has 0 unspecified atom stereocenters. The lowest BCUT2D eigenvalue weighted by atomic mass is 10.1. The molecule has 3 aromatic rings. The van der Waals surface area contributed by atoms with E-state index in [-0.39, 0.29) is 16.7 Å². The van der Waals surface area contributed by atoms with E-state index >= 15 is 0 Å². The maximum Gasteiger partial charge on any atom is 0.394 e. The molecule has 0 saturated carbocycles. The van der Waals surface area contributed by atoms with Crippen LogP contribution in [0.4, 0.5) is 5.69 Å². The molecule has 0 radical (unpaired) electrons. The number of anilines is 1. The number of benzene rings is 2. The van der Waals surface area contributed by atoms with Crippen molar-refractivity contribution in [2.24, 2.45) is 0 Å². The summed E-state index contributed by atoms with van der Waals surface area (Å²) in [7, 11) is 1.60. The zero-order valence-corrected chi connectivity index (χ0v) is 15.5. The second kappa shape index (κ2) is 7.27. The van der Waals surface area contributed by atoms with Crippen LogP contribution in [0.15, 0.2) is 51.7 Å². The summed E-state index contributed by atoms with van der Waals surface area (Å²) in [4.78, 5) is 35.0. The minimum absolute atomic E-state index is 0.124. The summed E-state index contributed by atoms with van der Waals surface area (Å²) >= 11 is 0. The summed E-state index contributed by atoms with van der Waals surface area (Å²) in [6.07, 6.45) is 3.17. The lowest BCUT2D eigenvalue weighted by molar-refractivity contribution is -0.147. The highest BCUT2D eigenvalue weighted by atomic mass is 16.5. The number of fused-ring (bicyclic) bond motifs is 2. The smallest absolute Gasteiger partial charge is 0.394 e. The van der Waals surface area contributed by atoms with Crippen LogP contribution in [0.3, 0.4) is 0 Å². The molecule has 0 spiro atoms. The first-order valence-corrected chi connectivity index (χ1v) is 8.96. The van der Waals surface area contributed by atoms with Crippen molar-refractivity contribution in [1.29, 1.82) is 0 Å². The lowest BCUT2D eigenvalue weighted by Gasteiger charge is -2.08. The Labute approximate surface area is 165 Å². The van der Waals surface area contributed by atoms with Gasteiger partial charge in [-0.1, -0.05) is 18.2 Å². The van der Waals surface area contributed by atoms with E-state index in [4.69, 9.17) is 14.3 Å². The van der Waals surface area contributed by atoms with Gasteiger partial charge < -0.3 is 19.6 Å². The molecule has 1 heterocycles. The molecule has 0 fully saturated rings. The molecular formula is C22H17NO6. The van der Waals surface area contributed by atoms with Crippen LogP contribution in [-0.2, 0) is 16.0 Å². The van der Waals surface area contributed by atoms with Gasteiger partial charge in [0.25, 0.3) is 0 Å². The third-order valence-electron chi connectivity index (χ3n) is 4.84. The van der Waals surface area contributed by atoms with E-state index in [0.29, 0.717) is 29.6 Å². The first kappa shape index (κ1) is 18.5. The number of carboxylic acids is 1. The monoisotopic (exact) mass is 391 g/mol. The predicted molar refractivity (Wildman–Crippen MR) is 108 cm³/mol. The Morgan fingerprint density at radius 3 is 2.72 bits per heavy atom. The molecule has 1 amide bonds. The number of para-hydroxylation sites is 1. The Balaban J connectivity index is 1.81. The van der Waals surface area contributed by atoms with E-state index in [1.807, 2.05) is 30.3 Å². The van der Waals surface area contributed by atoms with Gasteiger partial charge in [0.05, 0.1) is 12.5 Å². The van der Waals surface area contributed by atoms with Crippen LogP contribution in [0.2, 0.25) is 0 Å². The van der Waals surface area contributed by atoms with Crippen molar-refractivity contribution in [1.82, 2.24) is 0 Å². The number of allylic oxidation sites excluding steroid dienone is 1. The van der Waals surface area contributed by atoms with Gasteiger partial charge in [0.15, 0.2) is 5.43 Å². The van der Waals surface area contributed by atoms with Crippen LogP contribution < -0.4 is 15.5 Å². The molecule has 29 heavy (non-hydrogen) atoms. The Morgan fingerprint density at radius 2 is 1.97 bits per heavy atom. The number of aliphatic carboxylic acids is 1. The van der Waals surface area contributed by atoms with Crippen LogP contribution in [0.5, 0.6) is 5.75 Å². The van der Waals surface area contributed by atoms with Crippen LogP contribution in [0.25, 0.3) is 22.6 Å². The van der Waals surface area contributed by atoms with Gasteiger partial charge in [0.1, 0.15) is 17.1 Å². The summed E-state index contributed by atoms with van der Waals surface area (Å²) in [5, 5.41) is 11.4. The van der Waals surface area contributed by atoms with E-state index < -0.39 is 11.9 Å². The number of ether oxygens (including phenoxy) is 1. The van der Waals surface area contributed by atoms with Crippen molar-refractivity contribution in [2.45, 2.75) is 12.8 Å². The van der Waals surface area contributed by atoms with Gasteiger partial charge >= 0.3 is 11.9 Å². The zero-order chi connectivity index (χ0) is 20.5. The summed E-state index contributed by atoms with van der Waals surface area (Å²) in [5.41, 5.74) is 2.76. The van der Waals surface area contributed by atoms with Crippen LogP contribution >= 0.6 is 0 Å². The third-order valence-corrected chi connectivity index (χ3v) is 4.84. The van der Waals surface area contributed by atoms with Gasteiger partial charge in [-0.25, -0.2) is 4.79 Å². The Hall–Kier alpha value is -3.87. The fourth-order valence-corrected chi connectivity index (χ4v) is 3.46. The fraction of sp³-hybridized carbons (Fsp3) is 0.136. The quantitative estimate of drug-likeness (QED) is 0.664. The maximum atomic E-state index is 12.9. The molecule has 2 aromatic carbocycles. The highest BCUT2D eigenvalue weighted by Crippen LogP contribution is 2.35. The minimum Gasteiger partial charge on any atom is -0.496 e. The summed E-state index contributed by atoms with van der Waals surface area (Å²) < 4.78 is 11.4. The van der Waals surface area contributed by atoms with E-state index in [1.54, 1.807) is 7.11 Å². The Kier molecular flexibility index (Phi) is 4.64. The van der Waals surface area contributed by atoms with E-state index in [9.17, 15) is 14.4 Å². The van der Waals surface area contributed by atoms with Crippen LogP contribution in [-0.4, -0.2) is 24.1 Å². The number of carbonyl (C=O) groups excluding carboxylic acids is 1. The van der Waals surface area contributed by atoms with Gasteiger partial charge in [-0.2, -0.15) is 0 Å². The van der Waals surface area contributed by atoms with Gasteiger partial charge in [0, 0.05) is 22.9 Å². The molecule has 146 valence electrons. The topological polar surface area (TPSA) is 106 Å². The summed E-state index contributed by atoms with van der Waals surface area (Å²) in [6.45, 7) is 0. The summed E-state index contributed by atoms with van der Waals surface area (Å²) in [5.74, 6) is -1.53. The third kappa shape index (κ3) is 3.38. The standard InChI is InChI=1S/C22H17NO6/c1-28-17-5-3-2-4-12(17)10-13-6-8-16-19(24)15-9-7-14(23-21(25)22(26)27)11-18(15)29-20(13)16/h2-5,7,9-11H,6,8H2,1H3,(H,23,25)(H,26,27). The molecule has 1 aromatic heterocycles. The largest absolute Gasteiger partial charge is 0.496 e. The maximum absolute atomic E-state index is 12.9. The van der Waals surface area contributed by atoms with Crippen molar-refractivity contribution < 1.29 is 23.8 Å². The first-order chi connectivity index (χ1) is 14.0. The number of carboxylic acid groups (broad SMARTS) is 1. The van der Waals surface area contributed by atoms with Crippen LogP contribution in [0.1, 0.15) is 23.3 Å². The predicted octanol–water partition coefficient (Wildman–Crippen LogP) is 3.31. The molecule has 4 rings (SSSR count).